The number of rotatable bonds is 6. The SMILES string of the molecule is CCCC(CC)NC(=O)CN1CCCNCC1. The molecule has 1 unspecified atom stereocenters. The molecule has 0 aromatic rings. The first kappa shape index (κ1) is 14.5. The van der Waals surface area contributed by atoms with Crippen LogP contribution >= 0.6 is 0 Å². The molecule has 1 saturated heterocycles. The third-order valence-corrected chi connectivity index (χ3v) is 3.29. The second-order valence-corrected chi connectivity index (χ2v) is 4.84. The second-order valence-electron chi connectivity index (χ2n) is 4.84. The monoisotopic (exact) mass is 241 g/mol. The molecular formula is C13H27N3O. The molecule has 1 heterocycles. The van der Waals surface area contributed by atoms with Crippen molar-refractivity contribution in [1.29, 1.82) is 0 Å². The van der Waals surface area contributed by atoms with E-state index in [1.807, 2.05) is 0 Å². The Balaban J connectivity index is 2.26. The average molecular weight is 241 g/mol. The topological polar surface area (TPSA) is 44.4 Å². The Morgan fingerprint density at radius 1 is 1.35 bits per heavy atom. The lowest BCUT2D eigenvalue weighted by atomic mass is 10.1. The molecular weight excluding hydrogens is 214 g/mol. The lowest BCUT2D eigenvalue weighted by Crippen LogP contribution is -2.42. The van der Waals surface area contributed by atoms with Crippen LogP contribution in [0, 0.1) is 0 Å². The van der Waals surface area contributed by atoms with Crippen LogP contribution < -0.4 is 10.6 Å². The van der Waals surface area contributed by atoms with E-state index >= 15 is 0 Å². The lowest BCUT2D eigenvalue weighted by Gasteiger charge is -2.21. The molecule has 0 aromatic heterocycles. The van der Waals surface area contributed by atoms with Crippen LogP contribution in [-0.2, 0) is 4.79 Å². The highest BCUT2D eigenvalue weighted by molar-refractivity contribution is 5.78. The highest BCUT2D eigenvalue weighted by Crippen LogP contribution is 2.01. The van der Waals surface area contributed by atoms with Crippen molar-refractivity contribution in [2.45, 2.75) is 45.6 Å². The van der Waals surface area contributed by atoms with Gasteiger partial charge in [-0.05, 0) is 32.4 Å². The van der Waals surface area contributed by atoms with Crippen LogP contribution in [0.2, 0.25) is 0 Å². The summed E-state index contributed by atoms with van der Waals surface area (Å²) in [5.74, 6) is 0.187. The number of nitrogens with zero attached hydrogens (tertiary/aromatic N) is 1. The largest absolute Gasteiger partial charge is 0.352 e. The smallest absolute Gasteiger partial charge is 0.234 e. The van der Waals surface area contributed by atoms with Gasteiger partial charge >= 0.3 is 0 Å². The summed E-state index contributed by atoms with van der Waals surface area (Å²) >= 11 is 0. The van der Waals surface area contributed by atoms with Gasteiger partial charge in [0.15, 0.2) is 0 Å². The number of carbonyl (C=O) groups is 1. The Morgan fingerprint density at radius 2 is 2.18 bits per heavy atom. The van der Waals surface area contributed by atoms with Crippen LogP contribution in [0.4, 0.5) is 0 Å². The molecule has 0 aliphatic carbocycles. The summed E-state index contributed by atoms with van der Waals surface area (Å²) in [4.78, 5) is 14.1. The Morgan fingerprint density at radius 3 is 2.88 bits per heavy atom. The molecule has 0 spiro atoms. The van der Waals surface area contributed by atoms with Crippen molar-refractivity contribution in [2.24, 2.45) is 0 Å². The van der Waals surface area contributed by atoms with E-state index < -0.39 is 0 Å². The van der Waals surface area contributed by atoms with Gasteiger partial charge in [-0.25, -0.2) is 0 Å². The van der Waals surface area contributed by atoms with Gasteiger partial charge in [0.05, 0.1) is 6.54 Å². The highest BCUT2D eigenvalue weighted by atomic mass is 16.2. The van der Waals surface area contributed by atoms with Crippen LogP contribution in [0.15, 0.2) is 0 Å². The molecule has 17 heavy (non-hydrogen) atoms. The van der Waals surface area contributed by atoms with E-state index in [-0.39, 0.29) is 5.91 Å². The van der Waals surface area contributed by atoms with Crippen molar-refractivity contribution in [2.75, 3.05) is 32.7 Å². The summed E-state index contributed by atoms with van der Waals surface area (Å²) in [7, 11) is 0. The minimum atomic E-state index is 0.187. The molecule has 100 valence electrons. The Kier molecular flexibility index (Phi) is 7.21. The van der Waals surface area contributed by atoms with E-state index in [1.54, 1.807) is 0 Å². The number of nitrogens with one attached hydrogen (secondary N) is 2. The molecule has 1 aliphatic heterocycles. The molecule has 4 heteroatoms. The minimum absolute atomic E-state index is 0.187. The molecule has 0 bridgehead atoms. The van der Waals surface area contributed by atoms with Gasteiger partial charge in [-0.3, -0.25) is 9.69 Å². The van der Waals surface area contributed by atoms with Crippen LogP contribution in [0.1, 0.15) is 39.5 Å². The quantitative estimate of drug-likeness (QED) is 0.728. The van der Waals surface area contributed by atoms with Gasteiger partial charge in [-0.2, -0.15) is 0 Å². The first-order chi connectivity index (χ1) is 8.26. The third kappa shape index (κ3) is 6.03. The Hall–Kier alpha value is -0.610. The summed E-state index contributed by atoms with van der Waals surface area (Å²) in [6.07, 6.45) is 4.39. The first-order valence-corrected chi connectivity index (χ1v) is 6.98. The van der Waals surface area contributed by atoms with E-state index in [4.69, 9.17) is 0 Å². The van der Waals surface area contributed by atoms with Crippen molar-refractivity contribution in [3.8, 4) is 0 Å². The van der Waals surface area contributed by atoms with E-state index in [0.717, 1.165) is 51.9 Å². The summed E-state index contributed by atoms with van der Waals surface area (Å²) in [5, 5.41) is 6.48. The standard InChI is InChI=1S/C13H27N3O/c1-3-6-12(4-2)15-13(17)11-16-9-5-7-14-8-10-16/h12,14H,3-11H2,1-2H3,(H,15,17). The minimum Gasteiger partial charge on any atom is -0.352 e. The molecule has 1 rings (SSSR count). The Labute approximate surface area is 105 Å². The van der Waals surface area contributed by atoms with E-state index in [9.17, 15) is 4.79 Å². The number of carbonyl (C=O) groups excluding carboxylic acids is 1. The average Bonchev–Trinajstić information content (AvgIpc) is 2.57. The van der Waals surface area contributed by atoms with E-state index in [2.05, 4.69) is 29.4 Å². The fraction of sp³-hybridized carbons (Fsp3) is 0.923. The molecule has 4 nitrogen and oxygen atoms in total. The third-order valence-electron chi connectivity index (χ3n) is 3.29. The molecule has 0 radical (unpaired) electrons. The molecule has 1 amide bonds. The van der Waals surface area contributed by atoms with Gasteiger partial charge in [0.1, 0.15) is 0 Å². The maximum Gasteiger partial charge on any atom is 0.234 e. The van der Waals surface area contributed by atoms with Gasteiger partial charge < -0.3 is 10.6 Å². The van der Waals surface area contributed by atoms with Gasteiger partial charge in [-0.15, -0.1) is 0 Å². The predicted octanol–water partition coefficient (Wildman–Crippen LogP) is 0.977. The van der Waals surface area contributed by atoms with Crippen molar-refractivity contribution in [3.05, 3.63) is 0 Å². The zero-order chi connectivity index (χ0) is 12.5. The van der Waals surface area contributed by atoms with Gasteiger partial charge in [-0.1, -0.05) is 20.3 Å². The van der Waals surface area contributed by atoms with Crippen LogP contribution in [0.5, 0.6) is 0 Å². The van der Waals surface area contributed by atoms with Crippen molar-refractivity contribution >= 4 is 5.91 Å². The number of amides is 1. The fourth-order valence-electron chi connectivity index (χ4n) is 2.26. The fourth-order valence-corrected chi connectivity index (χ4v) is 2.26. The van der Waals surface area contributed by atoms with Gasteiger partial charge in [0.2, 0.25) is 5.91 Å². The highest BCUT2D eigenvalue weighted by Gasteiger charge is 2.14. The molecule has 1 fully saturated rings. The summed E-state index contributed by atoms with van der Waals surface area (Å²) < 4.78 is 0. The predicted molar refractivity (Wildman–Crippen MR) is 71.1 cm³/mol. The maximum absolute atomic E-state index is 11.9. The van der Waals surface area contributed by atoms with E-state index in [1.165, 1.54) is 0 Å². The molecule has 0 saturated carbocycles. The molecule has 1 atom stereocenters. The molecule has 2 N–H and O–H groups in total. The number of hydrogen-bond donors (Lipinski definition) is 2. The van der Waals surface area contributed by atoms with Crippen molar-refractivity contribution < 1.29 is 4.79 Å². The van der Waals surface area contributed by atoms with Crippen LogP contribution in [-0.4, -0.2) is 49.6 Å². The molecule has 1 aliphatic rings. The number of hydrogen-bond acceptors (Lipinski definition) is 3. The van der Waals surface area contributed by atoms with Gasteiger partial charge in [0.25, 0.3) is 0 Å². The zero-order valence-corrected chi connectivity index (χ0v) is 11.3. The summed E-state index contributed by atoms with van der Waals surface area (Å²) in [5.41, 5.74) is 0. The zero-order valence-electron chi connectivity index (χ0n) is 11.3. The summed E-state index contributed by atoms with van der Waals surface area (Å²) in [6, 6.07) is 0.359. The second kappa shape index (κ2) is 8.48. The van der Waals surface area contributed by atoms with E-state index in [0.29, 0.717) is 12.6 Å². The lowest BCUT2D eigenvalue weighted by molar-refractivity contribution is -0.123. The Bertz CT molecular complexity index is 213. The summed E-state index contributed by atoms with van der Waals surface area (Å²) in [6.45, 7) is 8.95. The van der Waals surface area contributed by atoms with Crippen LogP contribution in [0.25, 0.3) is 0 Å². The maximum atomic E-state index is 11.9. The van der Waals surface area contributed by atoms with Crippen LogP contribution in [0.3, 0.4) is 0 Å². The first-order valence-electron chi connectivity index (χ1n) is 6.98. The molecule has 0 aromatic carbocycles. The van der Waals surface area contributed by atoms with Crippen molar-refractivity contribution in [1.82, 2.24) is 15.5 Å². The van der Waals surface area contributed by atoms with Crippen molar-refractivity contribution in [3.63, 3.8) is 0 Å². The van der Waals surface area contributed by atoms with Gasteiger partial charge in [0, 0.05) is 19.1 Å². The normalized spacial score (nSPS) is 19.6.